The maximum absolute atomic E-state index is 12.7. The van der Waals surface area contributed by atoms with Gasteiger partial charge in [0, 0.05) is 13.0 Å². The zero-order chi connectivity index (χ0) is 14.8. The largest absolute Gasteiger partial charge is 0.303 e. The molecular formula is C19H21NO. The molecule has 1 aliphatic rings. The first-order valence-electron chi connectivity index (χ1n) is 7.54. The smallest absolute Gasteiger partial charge is 0.158 e. The summed E-state index contributed by atoms with van der Waals surface area (Å²) in [6.45, 7) is 5.03. The predicted octanol–water partition coefficient (Wildman–Crippen LogP) is 3.30. The van der Waals surface area contributed by atoms with Crippen molar-refractivity contribution in [1.82, 2.24) is 5.32 Å². The predicted molar refractivity (Wildman–Crippen MR) is 85.5 cm³/mol. The van der Waals surface area contributed by atoms with Crippen LogP contribution >= 0.6 is 0 Å². The Labute approximate surface area is 126 Å². The third-order valence-electron chi connectivity index (χ3n) is 4.09. The van der Waals surface area contributed by atoms with Crippen LogP contribution in [0.3, 0.4) is 0 Å². The number of ketones is 1. The van der Waals surface area contributed by atoms with Crippen LogP contribution in [0.4, 0.5) is 0 Å². The summed E-state index contributed by atoms with van der Waals surface area (Å²) in [7, 11) is 0. The average molecular weight is 279 g/mol. The highest BCUT2D eigenvalue weighted by Gasteiger charge is 2.25. The van der Waals surface area contributed by atoms with Crippen molar-refractivity contribution in [3.8, 4) is 0 Å². The minimum atomic E-state index is -0.157. The van der Waals surface area contributed by atoms with Gasteiger partial charge in [-0.25, -0.2) is 0 Å². The zero-order valence-electron chi connectivity index (χ0n) is 12.6. The van der Waals surface area contributed by atoms with Gasteiger partial charge in [-0.2, -0.15) is 0 Å². The van der Waals surface area contributed by atoms with E-state index in [0.29, 0.717) is 6.42 Å². The van der Waals surface area contributed by atoms with Gasteiger partial charge in [-0.3, -0.25) is 4.79 Å². The zero-order valence-corrected chi connectivity index (χ0v) is 12.6. The Balaban J connectivity index is 1.83. The highest BCUT2D eigenvalue weighted by atomic mass is 16.1. The number of aryl methyl sites for hydroxylation is 2. The van der Waals surface area contributed by atoms with Crippen molar-refractivity contribution in [3.05, 3.63) is 70.3 Å². The Morgan fingerprint density at radius 1 is 1.14 bits per heavy atom. The van der Waals surface area contributed by atoms with Gasteiger partial charge in [-0.1, -0.05) is 53.6 Å². The van der Waals surface area contributed by atoms with E-state index in [4.69, 9.17) is 0 Å². The Morgan fingerprint density at radius 2 is 1.86 bits per heavy atom. The summed E-state index contributed by atoms with van der Waals surface area (Å²) >= 11 is 0. The number of hydrogen-bond donors (Lipinski definition) is 1. The maximum Gasteiger partial charge on any atom is 0.158 e. The van der Waals surface area contributed by atoms with Gasteiger partial charge in [0.05, 0.1) is 6.04 Å². The summed E-state index contributed by atoms with van der Waals surface area (Å²) in [4.78, 5) is 12.7. The van der Waals surface area contributed by atoms with Gasteiger partial charge >= 0.3 is 0 Å². The first-order chi connectivity index (χ1) is 10.1. The van der Waals surface area contributed by atoms with Gasteiger partial charge < -0.3 is 5.32 Å². The fraction of sp³-hybridized carbons (Fsp3) is 0.316. The lowest BCUT2D eigenvalue weighted by molar-refractivity contribution is -0.120. The summed E-state index contributed by atoms with van der Waals surface area (Å²) in [5, 5.41) is 3.37. The van der Waals surface area contributed by atoms with E-state index >= 15 is 0 Å². The molecule has 2 aromatic rings. The van der Waals surface area contributed by atoms with Gasteiger partial charge in [-0.15, -0.1) is 0 Å². The van der Waals surface area contributed by atoms with Gasteiger partial charge in [0.2, 0.25) is 0 Å². The Hall–Kier alpha value is -1.93. The number of carbonyl (C=O) groups excluding carboxylic acids is 1. The van der Waals surface area contributed by atoms with Crippen molar-refractivity contribution in [2.45, 2.75) is 32.7 Å². The van der Waals surface area contributed by atoms with Crippen LogP contribution in [-0.2, 0) is 17.6 Å². The van der Waals surface area contributed by atoms with Gasteiger partial charge in [0.25, 0.3) is 0 Å². The van der Waals surface area contributed by atoms with Crippen molar-refractivity contribution in [2.75, 3.05) is 6.54 Å². The molecule has 1 heterocycles. The van der Waals surface area contributed by atoms with E-state index in [0.717, 1.165) is 24.1 Å². The van der Waals surface area contributed by atoms with Crippen LogP contribution in [0.15, 0.2) is 42.5 Å². The van der Waals surface area contributed by atoms with Crippen molar-refractivity contribution < 1.29 is 4.79 Å². The van der Waals surface area contributed by atoms with Crippen molar-refractivity contribution in [1.29, 1.82) is 0 Å². The van der Waals surface area contributed by atoms with Gasteiger partial charge in [0.15, 0.2) is 5.78 Å². The van der Waals surface area contributed by atoms with Crippen molar-refractivity contribution in [3.63, 3.8) is 0 Å². The second-order valence-electron chi connectivity index (χ2n) is 5.98. The number of benzene rings is 2. The van der Waals surface area contributed by atoms with E-state index < -0.39 is 0 Å². The standard InChI is InChI=1S/C19H21NO/c1-13-9-14(2)11-15(10-13)12-18(21)19-17-6-4-3-5-16(17)7-8-20-19/h3-6,9-11,19-20H,7-8,12H2,1-2H3. The molecular weight excluding hydrogens is 258 g/mol. The van der Waals surface area contributed by atoms with Gasteiger partial charge in [-0.05, 0) is 37.0 Å². The van der Waals surface area contributed by atoms with E-state index in [1.54, 1.807) is 0 Å². The second-order valence-corrected chi connectivity index (χ2v) is 5.98. The molecule has 3 rings (SSSR count). The number of Topliss-reactive ketones (excluding diaryl/α,β-unsaturated/α-hetero) is 1. The fourth-order valence-corrected chi connectivity index (χ4v) is 3.27. The quantitative estimate of drug-likeness (QED) is 0.934. The summed E-state index contributed by atoms with van der Waals surface area (Å²) in [6, 6.07) is 14.5. The molecule has 108 valence electrons. The topological polar surface area (TPSA) is 29.1 Å². The molecule has 21 heavy (non-hydrogen) atoms. The Bertz CT molecular complexity index is 655. The van der Waals surface area contributed by atoms with Crippen LogP contribution in [0, 0.1) is 13.8 Å². The van der Waals surface area contributed by atoms with Crippen molar-refractivity contribution in [2.24, 2.45) is 0 Å². The molecule has 1 unspecified atom stereocenters. The third-order valence-corrected chi connectivity index (χ3v) is 4.09. The Morgan fingerprint density at radius 3 is 2.62 bits per heavy atom. The molecule has 1 aliphatic heterocycles. The second kappa shape index (κ2) is 5.82. The van der Waals surface area contributed by atoms with E-state index in [2.05, 4.69) is 55.6 Å². The SMILES string of the molecule is Cc1cc(C)cc(CC(=O)C2NCCc3ccccc32)c1. The molecule has 0 aliphatic carbocycles. The minimum Gasteiger partial charge on any atom is -0.303 e. The molecule has 0 radical (unpaired) electrons. The fourth-order valence-electron chi connectivity index (χ4n) is 3.27. The molecule has 0 spiro atoms. The number of hydrogen-bond acceptors (Lipinski definition) is 2. The lowest BCUT2D eigenvalue weighted by Crippen LogP contribution is -2.35. The molecule has 1 N–H and O–H groups in total. The van der Waals surface area contributed by atoms with E-state index in [1.165, 1.54) is 16.7 Å². The first kappa shape index (κ1) is 14.0. The van der Waals surface area contributed by atoms with E-state index in [-0.39, 0.29) is 11.8 Å². The van der Waals surface area contributed by atoms with Crippen molar-refractivity contribution >= 4 is 5.78 Å². The molecule has 0 amide bonds. The molecule has 1 atom stereocenters. The molecule has 0 saturated heterocycles. The number of rotatable bonds is 3. The molecule has 0 fully saturated rings. The normalized spacial score (nSPS) is 17.3. The van der Waals surface area contributed by atoms with Crippen LogP contribution in [0.2, 0.25) is 0 Å². The minimum absolute atomic E-state index is 0.157. The van der Waals surface area contributed by atoms with Crippen LogP contribution in [0.5, 0.6) is 0 Å². The van der Waals surface area contributed by atoms with Crippen LogP contribution < -0.4 is 5.32 Å². The van der Waals surface area contributed by atoms with Gasteiger partial charge in [0.1, 0.15) is 0 Å². The summed E-state index contributed by atoms with van der Waals surface area (Å²) in [5.41, 5.74) is 6.00. The third kappa shape index (κ3) is 3.06. The van der Waals surface area contributed by atoms with Crippen LogP contribution in [0.25, 0.3) is 0 Å². The molecule has 2 nitrogen and oxygen atoms in total. The maximum atomic E-state index is 12.7. The average Bonchev–Trinajstić information content (AvgIpc) is 2.45. The molecule has 0 bridgehead atoms. The summed E-state index contributed by atoms with van der Waals surface area (Å²) in [6.07, 6.45) is 1.50. The molecule has 0 aromatic heterocycles. The number of fused-ring (bicyclic) bond motifs is 1. The lowest BCUT2D eigenvalue weighted by Gasteiger charge is -2.26. The Kier molecular flexibility index (Phi) is 3.89. The molecule has 0 saturated carbocycles. The highest BCUT2D eigenvalue weighted by Crippen LogP contribution is 2.24. The molecule has 2 aromatic carbocycles. The van der Waals surface area contributed by atoms with E-state index in [9.17, 15) is 4.79 Å². The molecule has 2 heteroatoms. The summed E-state index contributed by atoms with van der Waals surface area (Å²) in [5.74, 6) is 0.257. The number of carbonyl (C=O) groups is 1. The lowest BCUT2D eigenvalue weighted by atomic mass is 9.89. The van der Waals surface area contributed by atoms with Crippen LogP contribution in [-0.4, -0.2) is 12.3 Å². The number of nitrogens with one attached hydrogen (secondary N) is 1. The summed E-state index contributed by atoms with van der Waals surface area (Å²) < 4.78 is 0. The monoisotopic (exact) mass is 279 g/mol. The highest BCUT2D eigenvalue weighted by molar-refractivity contribution is 5.88. The van der Waals surface area contributed by atoms with E-state index in [1.807, 2.05) is 6.07 Å². The first-order valence-corrected chi connectivity index (χ1v) is 7.54. The van der Waals surface area contributed by atoms with Crippen LogP contribution in [0.1, 0.15) is 33.9 Å².